The maximum Gasteiger partial charge on any atom is 0.122 e. The molecule has 0 aliphatic heterocycles. The quantitative estimate of drug-likeness (QED) is 0.839. The zero-order chi connectivity index (χ0) is 15.3. The first-order valence-corrected chi connectivity index (χ1v) is 7.10. The van der Waals surface area contributed by atoms with Crippen molar-refractivity contribution in [3.63, 3.8) is 0 Å². The number of phenols is 1. The van der Waals surface area contributed by atoms with Crippen molar-refractivity contribution < 1.29 is 14.6 Å². The van der Waals surface area contributed by atoms with Crippen LogP contribution in [0.25, 0.3) is 0 Å². The molecule has 2 aromatic carbocycles. The van der Waals surface area contributed by atoms with Crippen LogP contribution in [0.3, 0.4) is 0 Å². The van der Waals surface area contributed by atoms with E-state index in [0.29, 0.717) is 13.2 Å². The first-order valence-electron chi connectivity index (χ1n) is 7.10. The fourth-order valence-corrected chi connectivity index (χ4v) is 1.91. The molecule has 0 saturated heterocycles. The fourth-order valence-electron chi connectivity index (χ4n) is 1.91. The van der Waals surface area contributed by atoms with Crippen molar-refractivity contribution in [2.24, 2.45) is 0 Å². The molecule has 0 spiro atoms. The molecule has 2 aromatic rings. The van der Waals surface area contributed by atoms with Crippen LogP contribution in [0, 0.1) is 0 Å². The van der Waals surface area contributed by atoms with Gasteiger partial charge in [0.1, 0.15) is 30.5 Å². The molecule has 0 aliphatic rings. The van der Waals surface area contributed by atoms with E-state index in [1.54, 1.807) is 24.3 Å². The Morgan fingerprint density at radius 3 is 1.62 bits per heavy atom. The standard InChI is InChI=1S/C18H22O3/c1-18(2,3)14-4-8-16(9-5-14)20-12-13-21-17-10-6-15(19)7-11-17/h4-11,19H,12-13H2,1-3H3. The number of hydrogen-bond donors (Lipinski definition) is 1. The van der Waals surface area contributed by atoms with E-state index in [-0.39, 0.29) is 11.2 Å². The molecule has 21 heavy (non-hydrogen) atoms. The van der Waals surface area contributed by atoms with Gasteiger partial charge in [-0.15, -0.1) is 0 Å². The second-order valence-electron chi connectivity index (χ2n) is 5.97. The Kier molecular flexibility index (Phi) is 4.73. The van der Waals surface area contributed by atoms with E-state index in [4.69, 9.17) is 9.47 Å². The Morgan fingerprint density at radius 1 is 0.762 bits per heavy atom. The van der Waals surface area contributed by atoms with Crippen LogP contribution in [0.15, 0.2) is 48.5 Å². The minimum absolute atomic E-state index is 0.153. The minimum atomic E-state index is 0.153. The van der Waals surface area contributed by atoms with E-state index in [1.807, 2.05) is 12.1 Å². The molecule has 3 heteroatoms. The van der Waals surface area contributed by atoms with Gasteiger partial charge in [-0.3, -0.25) is 0 Å². The van der Waals surface area contributed by atoms with Crippen molar-refractivity contribution in [2.75, 3.05) is 13.2 Å². The molecule has 0 aliphatic carbocycles. The van der Waals surface area contributed by atoms with E-state index >= 15 is 0 Å². The highest BCUT2D eigenvalue weighted by molar-refractivity contribution is 5.31. The van der Waals surface area contributed by atoms with Gasteiger partial charge in [0.25, 0.3) is 0 Å². The van der Waals surface area contributed by atoms with Gasteiger partial charge >= 0.3 is 0 Å². The van der Waals surface area contributed by atoms with Gasteiger partial charge in [0, 0.05) is 0 Å². The molecule has 0 aromatic heterocycles. The number of phenolic OH excluding ortho intramolecular Hbond substituents is 1. The highest BCUT2D eigenvalue weighted by atomic mass is 16.5. The van der Waals surface area contributed by atoms with Crippen molar-refractivity contribution >= 4 is 0 Å². The predicted octanol–water partition coefficient (Wildman–Crippen LogP) is 4.15. The summed E-state index contributed by atoms with van der Waals surface area (Å²) in [5.74, 6) is 1.80. The van der Waals surface area contributed by atoms with Crippen LogP contribution in [-0.4, -0.2) is 18.3 Å². The second-order valence-corrected chi connectivity index (χ2v) is 5.97. The first kappa shape index (κ1) is 15.2. The molecule has 1 N–H and O–H groups in total. The van der Waals surface area contributed by atoms with Crippen molar-refractivity contribution in [1.29, 1.82) is 0 Å². The molecule has 0 unspecified atom stereocenters. The molecule has 0 atom stereocenters. The molecule has 3 nitrogen and oxygen atoms in total. The van der Waals surface area contributed by atoms with E-state index in [9.17, 15) is 5.11 Å². The fraction of sp³-hybridized carbons (Fsp3) is 0.333. The number of hydrogen-bond acceptors (Lipinski definition) is 3. The second kappa shape index (κ2) is 6.53. The lowest BCUT2D eigenvalue weighted by molar-refractivity contribution is 0.217. The van der Waals surface area contributed by atoms with Gasteiger partial charge in [-0.1, -0.05) is 32.9 Å². The Labute approximate surface area is 126 Å². The summed E-state index contributed by atoms with van der Waals surface area (Å²) in [7, 11) is 0. The van der Waals surface area contributed by atoms with Gasteiger partial charge in [0.05, 0.1) is 0 Å². The van der Waals surface area contributed by atoms with E-state index < -0.39 is 0 Å². The summed E-state index contributed by atoms with van der Waals surface area (Å²) < 4.78 is 11.2. The molecule has 0 amide bonds. The zero-order valence-electron chi connectivity index (χ0n) is 12.8. The van der Waals surface area contributed by atoms with Crippen LogP contribution >= 0.6 is 0 Å². The molecular formula is C18H22O3. The minimum Gasteiger partial charge on any atom is -0.508 e. The number of rotatable bonds is 5. The Hall–Kier alpha value is -2.16. The summed E-state index contributed by atoms with van der Waals surface area (Å²) in [4.78, 5) is 0. The van der Waals surface area contributed by atoms with Gasteiger partial charge < -0.3 is 14.6 Å². The summed E-state index contributed by atoms with van der Waals surface area (Å²) in [6.45, 7) is 7.51. The van der Waals surface area contributed by atoms with Crippen LogP contribution in [0.5, 0.6) is 17.2 Å². The van der Waals surface area contributed by atoms with Crippen LogP contribution in [-0.2, 0) is 5.41 Å². The SMILES string of the molecule is CC(C)(C)c1ccc(OCCOc2ccc(O)cc2)cc1. The van der Waals surface area contributed by atoms with Crippen LogP contribution in [0.1, 0.15) is 26.3 Å². The van der Waals surface area contributed by atoms with E-state index in [2.05, 4.69) is 32.9 Å². The molecule has 0 heterocycles. The van der Waals surface area contributed by atoms with Gasteiger partial charge in [0.15, 0.2) is 0 Å². The Balaban J connectivity index is 1.77. The Bertz CT molecular complexity index is 551. The van der Waals surface area contributed by atoms with Crippen LogP contribution in [0.2, 0.25) is 0 Å². The van der Waals surface area contributed by atoms with Crippen molar-refractivity contribution in [2.45, 2.75) is 26.2 Å². The third kappa shape index (κ3) is 4.71. The predicted molar refractivity (Wildman–Crippen MR) is 84.2 cm³/mol. The highest BCUT2D eigenvalue weighted by Gasteiger charge is 2.12. The molecular weight excluding hydrogens is 264 g/mol. The normalized spacial score (nSPS) is 11.2. The van der Waals surface area contributed by atoms with Gasteiger partial charge in [0.2, 0.25) is 0 Å². The number of ether oxygens (including phenoxy) is 2. The maximum atomic E-state index is 9.18. The molecule has 0 saturated carbocycles. The third-order valence-corrected chi connectivity index (χ3v) is 3.18. The average molecular weight is 286 g/mol. The lowest BCUT2D eigenvalue weighted by atomic mass is 9.87. The summed E-state index contributed by atoms with van der Waals surface area (Å²) in [5, 5.41) is 9.18. The topological polar surface area (TPSA) is 38.7 Å². The van der Waals surface area contributed by atoms with E-state index in [1.165, 1.54) is 5.56 Å². The van der Waals surface area contributed by atoms with Gasteiger partial charge in [-0.2, -0.15) is 0 Å². The van der Waals surface area contributed by atoms with Gasteiger partial charge in [-0.25, -0.2) is 0 Å². The van der Waals surface area contributed by atoms with Crippen molar-refractivity contribution in [3.8, 4) is 17.2 Å². The molecule has 0 bridgehead atoms. The van der Waals surface area contributed by atoms with Crippen molar-refractivity contribution in [3.05, 3.63) is 54.1 Å². The third-order valence-electron chi connectivity index (χ3n) is 3.18. The number of aromatic hydroxyl groups is 1. The largest absolute Gasteiger partial charge is 0.508 e. The van der Waals surface area contributed by atoms with Gasteiger partial charge in [-0.05, 0) is 47.4 Å². The monoisotopic (exact) mass is 286 g/mol. The smallest absolute Gasteiger partial charge is 0.122 e. The van der Waals surface area contributed by atoms with E-state index in [0.717, 1.165) is 11.5 Å². The molecule has 2 rings (SSSR count). The summed E-state index contributed by atoms with van der Waals surface area (Å²) in [6.07, 6.45) is 0. The summed E-state index contributed by atoms with van der Waals surface area (Å²) in [6, 6.07) is 14.8. The Morgan fingerprint density at radius 2 is 1.19 bits per heavy atom. The highest BCUT2D eigenvalue weighted by Crippen LogP contribution is 2.24. The lowest BCUT2D eigenvalue weighted by Gasteiger charge is -2.19. The molecule has 0 fully saturated rings. The molecule has 112 valence electrons. The summed E-state index contributed by atoms with van der Waals surface area (Å²) >= 11 is 0. The lowest BCUT2D eigenvalue weighted by Crippen LogP contribution is -2.11. The molecule has 0 radical (unpaired) electrons. The summed E-state index contributed by atoms with van der Waals surface area (Å²) in [5.41, 5.74) is 1.44. The van der Waals surface area contributed by atoms with Crippen LogP contribution in [0.4, 0.5) is 0 Å². The maximum absolute atomic E-state index is 9.18. The van der Waals surface area contributed by atoms with Crippen LogP contribution < -0.4 is 9.47 Å². The zero-order valence-corrected chi connectivity index (χ0v) is 12.8. The average Bonchev–Trinajstić information content (AvgIpc) is 2.45. The number of benzene rings is 2. The van der Waals surface area contributed by atoms with Crippen molar-refractivity contribution in [1.82, 2.24) is 0 Å². The first-order chi connectivity index (χ1) is 9.95.